The molecule has 0 radical (unpaired) electrons. The SMILES string of the molecule is CCn1cccc1C(=O)NC(CO)COC. The van der Waals surface area contributed by atoms with E-state index in [1.165, 1.54) is 7.11 Å². The number of nitrogens with zero attached hydrogens (tertiary/aromatic N) is 1. The van der Waals surface area contributed by atoms with Crippen molar-refractivity contribution in [1.82, 2.24) is 9.88 Å². The number of nitrogens with one attached hydrogen (secondary N) is 1. The largest absolute Gasteiger partial charge is 0.394 e. The van der Waals surface area contributed by atoms with Crippen molar-refractivity contribution >= 4 is 5.91 Å². The third kappa shape index (κ3) is 3.08. The Labute approximate surface area is 95.0 Å². The minimum absolute atomic E-state index is 0.133. The third-order valence-electron chi connectivity index (χ3n) is 2.33. The average Bonchev–Trinajstić information content (AvgIpc) is 2.76. The average molecular weight is 226 g/mol. The highest BCUT2D eigenvalue weighted by Gasteiger charge is 2.14. The number of amides is 1. The number of hydrogen-bond acceptors (Lipinski definition) is 3. The van der Waals surface area contributed by atoms with Crippen LogP contribution in [0.3, 0.4) is 0 Å². The van der Waals surface area contributed by atoms with Crippen LogP contribution in [0.5, 0.6) is 0 Å². The van der Waals surface area contributed by atoms with Gasteiger partial charge in [-0.25, -0.2) is 0 Å². The van der Waals surface area contributed by atoms with Crippen molar-refractivity contribution < 1.29 is 14.6 Å². The van der Waals surface area contributed by atoms with E-state index in [1.54, 1.807) is 6.07 Å². The molecule has 1 aromatic rings. The van der Waals surface area contributed by atoms with Gasteiger partial charge in [0.15, 0.2) is 0 Å². The molecule has 0 aliphatic carbocycles. The molecule has 0 fully saturated rings. The Hall–Kier alpha value is -1.33. The number of hydrogen-bond donors (Lipinski definition) is 2. The van der Waals surface area contributed by atoms with Crippen molar-refractivity contribution in [2.45, 2.75) is 19.5 Å². The zero-order chi connectivity index (χ0) is 12.0. The predicted molar refractivity (Wildman–Crippen MR) is 60.3 cm³/mol. The summed E-state index contributed by atoms with van der Waals surface area (Å²) in [5.74, 6) is -0.192. The van der Waals surface area contributed by atoms with E-state index in [1.807, 2.05) is 23.8 Å². The predicted octanol–water partition coefficient (Wildman–Crippen LogP) is 0.245. The van der Waals surface area contributed by atoms with Gasteiger partial charge in [-0.3, -0.25) is 4.79 Å². The molecule has 1 unspecified atom stereocenters. The molecular weight excluding hydrogens is 208 g/mol. The normalized spacial score (nSPS) is 12.4. The van der Waals surface area contributed by atoms with Gasteiger partial charge in [0.05, 0.1) is 19.3 Å². The van der Waals surface area contributed by atoms with Crippen molar-refractivity contribution in [3.63, 3.8) is 0 Å². The molecule has 0 aromatic carbocycles. The van der Waals surface area contributed by atoms with Crippen LogP contribution in [0.2, 0.25) is 0 Å². The fraction of sp³-hybridized carbons (Fsp3) is 0.545. The van der Waals surface area contributed by atoms with Crippen molar-refractivity contribution in [2.75, 3.05) is 20.3 Å². The zero-order valence-corrected chi connectivity index (χ0v) is 9.64. The maximum atomic E-state index is 11.8. The summed E-state index contributed by atoms with van der Waals surface area (Å²) in [5, 5.41) is 11.7. The van der Waals surface area contributed by atoms with E-state index in [4.69, 9.17) is 9.84 Å². The monoisotopic (exact) mass is 226 g/mol. The Morgan fingerprint density at radius 3 is 3.00 bits per heavy atom. The molecule has 5 heteroatoms. The first-order valence-electron chi connectivity index (χ1n) is 5.28. The molecule has 0 saturated carbocycles. The highest BCUT2D eigenvalue weighted by Crippen LogP contribution is 2.02. The lowest BCUT2D eigenvalue weighted by Crippen LogP contribution is -2.41. The van der Waals surface area contributed by atoms with Crippen molar-refractivity contribution in [1.29, 1.82) is 0 Å². The number of methoxy groups -OCH3 is 1. The minimum atomic E-state index is -0.363. The lowest BCUT2D eigenvalue weighted by atomic mass is 10.3. The quantitative estimate of drug-likeness (QED) is 0.730. The molecule has 1 atom stereocenters. The van der Waals surface area contributed by atoms with Crippen molar-refractivity contribution in [3.05, 3.63) is 24.0 Å². The van der Waals surface area contributed by atoms with Crippen LogP contribution in [0.4, 0.5) is 0 Å². The number of carbonyl (C=O) groups excluding carboxylic acids is 1. The Morgan fingerprint density at radius 2 is 2.44 bits per heavy atom. The third-order valence-corrected chi connectivity index (χ3v) is 2.33. The lowest BCUT2D eigenvalue weighted by Gasteiger charge is -2.15. The van der Waals surface area contributed by atoms with Crippen LogP contribution in [0, 0.1) is 0 Å². The zero-order valence-electron chi connectivity index (χ0n) is 9.64. The van der Waals surface area contributed by atoms with Gasteiger partial charge in [0.25, 0.3) is 5.91 Å². The standard InChI is InChI=1S/C11H18N2O3/c1-3-13-6-4-5-10(13)11(15)12-9(7-14)8-16-2/h4-6,9,14H,3,7-8H2,1-2H3,(H,12,15). The summed E-state index contributed by atoms with van der Waals surface area (Å²) in [6, 6.07) is 3.21. The second-order valence-corrected chi connectivity index (χ2v) is 3.49. The van der Waals surface area contributed by atoms with Gasteiger partial charge in [-0.15, -0.1) is 0 Å². The molecule has 1 amide bonds. The number of aliphatic hydroxyl groups is 1. The highest BCUT2D eigenvalue weighted by atomic mass is 16.5. The van der Waals surface area contributed by atoms with Crippen LogP contribution < -0.4 is 5.32 Å². The van der Waals surface area contributed by atoms with Crippen LogP contribution in [0.1, 0.15) is 17.4 Å². The molecule has 1 rings (SSSR count). The van der Waals surface area contributed by atoms with Gasteiger partial charge in [-0.05, 0) is 19.1 Å². The van der Waals surface area contributed by atoms with Crippen LogP contribution in [0.25, 0.3) is 0 Å². The van der Waals surface area contributed by atoms with Crippen LogP contribution in [-0.2, 0) is 11.3 Å². The Bertz CT molecular complexity index is 336. The molecule has 0 bridgehead atoms. The summed E-state index contributed by atoms with van der Waals surface area (Å²) >= 11 is 0. The number of aromatic nitrogens is 1. The molecule has 2 N–H and O–H groups in total. The summed E-state index contributed by atoms with van der Waals surface area (Å²) in [6.07, 6.45) is 1.85. The van der Waals surface area contributed by atoms with E-state index in [2.05, 4.69) is 5.32 Å². The second kappa shape index (κ2) is 6.30. The van der Waals surface area contributed by atoms with Gasteiger partial charge in [0, 0.05) is 19.9 Å². The Kier molecular flexibility index (Phi) is 5.01. The minimum Gasteiger partial charge on any atom is -0.394 e. The van der Waals surface area contributed by atoms with E-state index in [0.717, 1.165) is 6.54 Å². The lowest BCUT2D eigenvalue weighted by molar-refractivity contribution is 0.0831. The van der Waals surface area contributed by atoms with Gasteiger partial charge < -0.3 is 19.7 Å². The molecule has 16 heavy (non-hydrogen) atoms. The summed E-state index contributed by atoms with van der Waals surface area (Å²) in [6.45, 7) is 2.88. The van der Waals surface area contributed by atoms with E-state index in [9.17, 15) is 4.79 Å². The van der Waals surface area contributed by atoms with Crippen LogP contribution in [0.15, 0.2) is 18.3 Å². The number of rotatable bonds is 6. The van der Waals surface area contributed by atoms with E-state index < -0.39 is 0 Å². The highest BCUT2D eigenvalue weighted by molar-refractivity contribution is 5.92. The summed E-state index contributed by atoms with van der Waals surface area (Å²) in [7, 11) is 1.53. The molecule has 0 aliphatic heterocycles. The van der Waals surface area contributed by atoms with Gasteiger partial charge in [-0.1, -0.05) is 0 Å². The number of ether oxygens (including phenoxy) is 1. The maximum Gasteiger partial charge on any atom is 0.268 e. The van der Waals surface area contributed by atoms with Crippen molar-refractivity contribution in [3.8, 4) is 0 Å². The Balaban J connectivity index is 2.64. The first-order valence-corrected chi connectivity index (χ1v) is 5.28. The van der Waals surface area contributed by atoms with E-state index in [0.29, 0.717) is 12.3 Å². The second-order valence-electron chi connectivity index (χ2n) is 3.49. The van der Waals surface area contributed by atoms with E-state index >= 15 is 0 Å². The summed E-state index contributed by atoms with van der Waals surface area (Å²) < 4.78 is 6.73. The fourth-order valence-electron chi connectivity index (χ4n) is 1.50. The molecule has 5 nitrogen and oxygen atoms in total. The number of carbonyl (C=O) groups is 1. The summed E-state index contributed by atoms with van der Waals surface area (Å²) in [4.78, 5) is 11.8. The molecule has 90 valence electrons. The van der Waals surface area contributed by atoms with Crippen LogP contribution in [-0.4, -0.2) is 41.9 Å². The fourth-order valence-corrected chi connectivity index (χ4v) is 1.50. The Morgan fingerprint density at radius 1 is 1.69 bits per heavy atom. The van der Waals surface area contributed by atoms with Gasteiger partial charge in [-0.2, -0.15) is 0 Å². The number of aliphatic hydroxyl groups excluding tert-OH is 1. The van der Waals surface area contributed by atoms with E-state index in [-0.39, 0.29) is 18.6 Å². The van der Waals surface area contributed by atoms with Gasteiger partial charge in [0.2, 0.25) is 0 Å². The first kappa shape index (κ1) is 12.7. The first-order chi connectivity index (χ1) is 7.72. The molecule has 0 aliphatic rings. The van der Waals surface area contributed by atoms with Gasteiger partial charge in [0.1, 0.15) is 5.69 Å². The topological polar surface area (TPSA) is 63.5 Å². The smallest absolute Gasteiger partial charge is 0.268 e. The number of aryl methyl sites for hydroxylation is 1. The van der Waals surface area contributed by atoms with Crippen molar-refractivity contribution in [2.24, 2.45) is 0 Å². The molecule has 0 saturated heterocycles. The summed E-state index contributed by atoms with van der Waals surface area (Å²) in [5.41, 5.74) is 0.594. The van der Waals surface area contributed by atoms with Crippen LogP contribution >= 0.6 is 0 Å². The maximum absolute atomic E-state index is 11.8. The molecule has 0 spiro atoms. The van der Waals surface area contributed by atoms with Gasteiger partial charge >= 0.3 is 0 Å². The molecular formula is C11H18N2O3. The molecule has 1 heterocycles. The molecule has 1 aromatic heterocycles.